The van der Waals surface area contributed by atoms with Crippen molar-refractivity contribution < 1.29 is 0 Å². The summed E-state index contributed by atoms with van der Waals surface area (Å²) in [6.45, 7) is 3.90. The van der Waals surface area contributed by atoms with Gasteiger partial charge < -0.3 is 0 Å². The van der Waals surface area contributed by atoms with Crippen LogP contribution >= 0.6 is 11.6 Å². The molecule has 0 unspecified atom stereocenters. The molecule has 1 aromatic heterocycles. The standard InChI is InChI=1S/C7H7ClN2O/c1-2-3-10-7(11)4-6(8)5-9-10/h2,4-5H,1,3H2. The summed E-state index contributed by atoms with van der Waals surface area (Å²) >= 11 is 5.52. The van der Waals surface area contributed by atoms with Gasteiger partial charge in [-0.15, -0.1) is 6.58 Å². The van der Waals surface area contributed by atoms with E-state index in [1.54, 1.807) is 6.08 Å². The molecule has 0 spiro atoms. The van der Waals surface area contributed by atoms with Crippen LogP contribution in [0, 0.1) is 0 Å². The van der Waals surface area contributed by atoms with Gasteiger partial charge in [-0.05, 0) is 0 Å². The number of allylic oxidation sites excluding steroid dienone is 1. The summed E-state index contributed by atoms with van der Waals surface area (Å²) < 4.78 is 1.28. The zero-order valence-electron chi connectivity index (χ0n) is 5.83. The minimum absolute atomic E-state index is 0.211. The lowest BCUT2D eigenvalue weighted by Gasteiger charge is -1.97. The molecule has 0 amide bonds. The van der Waals surface area contributed by atoms with Crippen LogP contribution in [0.2, 0.25) is 5.02 Å². The molecule has 0 N–H and O–H groups in total. The fourth-order valence-corrected chi connectivity index (χ4v) is 0.808. The van der Waals surface area contributed by atoms with Gasteiger partial charge in [0.2, 0.25) is 0 Å². The second-order valence-electron chi connectivity index (χ2n) is 1.98. The predicted molar refractivity (Wildman–Crippen MR) is 43.7 cm³/mol. The Morgan fingerprint density at radius 1 is 1.82 bits per heavy atom. The smallest absolute Gasteiger partial charge is 0.268 e. The first-order valence-electron chi connectivity index (χ1n) is 3.07. The third-order valence-corrected chi connectivity index (χ3v) is 1.34. The van der Waals surface area contributed by atoms with Gasteiger partial charge in [-0.25, -0.2) is 4.68 Å². The summed E-state index contributed by atoms with van der Waals surface area (Å²) in [4.78, 5) is 11.0. The highest BCUT2D eigenvalue weighted by Crippen LogP contribution is 1.98. The average molecular weight is 171 g/mol. The largest absolute Gasteiger partial charge is 0.268 e. The van der Waals surface area contributed by atoms with Crippen LogP contribution < -0.4 is 5.56 Å². The average Bonchev–Trinajstić information content (AvgIpc) is 1.95. The molecule has 0 fully saturated rings. The lowest BCUT2D eigenvalue weighted by Crippen LogP contribution is -2.20. The van der Waals surface area contributed by atoms with Crippen LogP contribution in [-0.4, -0.2) is 9.78 Å². The molecule has 0 aromatic carbocycles. The second kappa shape index (κ2) is 3.34. The predicted octanol–water partition coefficient (Wildman–Crippen LogP) is 1.08. The highest BCUT2D eigenvalue weighted by molar-refractivity contribution is 6.30. The summed E-state index contributed by atoms with van der Waals surface area (Å²) in [6, 6.07) is 1.32. The maximum Gasteiger partial charge on any atom is 0.268 e. The molecule has 0 aliphatic rings. The normalized spacial score (nSPS) is 9.55. The first-order valence-corrected chi connectivity index (χ1v) is 3.45. The van der Waals surface area contributed by atoms with Crippen LogP contribution in [0.4, 0.5) is 0 Å². The van der Waals surface area contributed by atoms with Crippen molar-refractivity contribution in [3.63, 3.8) is 0 Å². The summed E-state index contributed by atoms with van der Waals surface area (Å²) in [7, 11) is 0. The number of rotatable bonds is 2. The van der Waals surface area contributed by atoms with E-state index in [1.807, 2.05) is 0 Å². The van der Waals surface area contributed by atoms with Gasteiger partial charge in [0.05, 0.1) is 17.8 Å². The van der Waals surface area contributed by atoms with Crippen molar-refractivity contribution in [1.29, 1.82) is 0 Å². The third-order valence-electron chi connectivity index (χ3n) is 1.14. The van der Waals surface area contributed by atoms with Gasteiger partial charge >= 0.3 is 0 Å². The molecular weight excluding hydrogens is 164 g/mol. The van der Waals surface area contributed by atoms with E-state index >= 15 is 0 Å². The summed E-state index contributed by atoms with van der Waals surface area (Å²) in [6.07, 6.45) is 3.02. The Morgan fingerprint density at radius 2 is 2.55 bits per heavy atom. The molecule has 1 aromatic rings. The number of hydrogen-bond acceptors (Lipinski definition) is 2. The minimum atomic E-state index is -0.211. The second-order valence-corrected chi connectivity index (χ2v) is 2.42. The van der Waals surface area contributed by atoms with Crippen molar-refractivity contribution in [1.82, 2.24) is 9.78 Å². The lowest BCUT2D eigenvalue weighted by atomic mass is 10.5. The number of halogens is 1. The van der Waals surface area contributed by atoms with E-state index in [0.717, 1.165) is 0 Å². The SMILES string of the molecule is C=CCn1ncc(Cl)cc1=O. The molecule has 0 saturated heterocycles. The first-order chi connectivity index (χ1) is 5.24. The maximum absolute atomic E-state index is 11.0. The van der Waals surface area contributed by atoms with Crippen LogP contribution in [0.1, 0.15) is 0 Å². The molecule has 3 nitrogen and oxygen atoms in total. The number of nitrogens with zero attached hydrogens (tertiary/aromatic N) is 2. The molecule has 0 aliphatic carbocycles. The Morgan fingerprint density at radius 3 is 3.09 bits per heavy atom. The van der Waals surface area contributed by atoms with Crippen molar-refractivity contribution in [3.05, 3.63) is 40.3 Å². The molecular formula is C7H7ClN2O. The quantitative estimate of drug-likeness (QED) is 0.623. The Hall–Kier alpha value is -1.09. The number of aromatic nitrogens is 2. The van der Waals surface area contributed by atoms with Gasteiger partial charge in [-0.2, -0.15) is 5.10 Å². The zero-order valence-corrected chi connectivity index (χ0v) is 6.58. The van der Waals surface area contributed by atoms with Crippen molar-refractivity contribution >= 4 is 11.6 Å². The monoisotopic (exact) mass is 170 g/mol. The van der Waals surface area contributed by atoms with E-state index in [9.17, 15) is 4.79 Å². The summed E-state index contributed by atoms with van der Waals surface area (Å²) in [5.41, 5.74) is -0.211. The van der Waals surface area contributed by atoms with Gasteiger partial charge in [-0.1, -0.05) is 17.7 Å². The first kappa shape index (κ1) is 8.01. The van der Waals surface area contributed by atoms with Crippen molar-refractivity contribution in [2.45, 2.75) is 6.54 Å². The zero-order chi connectivity index (χ0) is 8.27. The van der Waals surface area contributed by atoms with E-state index in [0.29, 0.717) is 11.6 Å². The van der Waals surface area contributed by atoms with Crippen molar-refractivity contribution in [2.24, 2.45) is 0 Å². The molecule has 1 heterocycles. The Balaban J connectivity index is 3.09. The highest BCUT2D eigenvalue weighted by atomic mass is 35.5. The molecule has 0 atom stereocenters. The lowest BCUT2D eigenvalue weighted by molar-refractivity contribution is 0.652. The van der Waals surface area contributed by atoms with Gasteiger partial charge in [0, 0.05) is 6.07 Å². The molecule has 4 heteroatoms. The van der Waals surface area contributed by atoms with E-state index in [1.165, 1.54) is 16.9 Å². The van der Waals surface area contributed by atoms with Crippen LogP contribution in [0.5, 0.6) is 0 Å². The van der Waals surface area contributed by atoms with E-state index in [4.69, 9.17) is 11.6 Å². The molecule has 1 rings (SSSR count). The molecule has 0 bridgehead atoms. The Labute approximate surface area is 68.9 Å². The Bertz CT molecular complexity index is 318. The van der Waals surface area contributed by atoms with Crippen LogP contribution in [0.3, 0.4) is 0 Å². The van der Waals surface area contributed by atoms with Gasteiger partial charge in [0.1, 0.15) is 0 Å². The summed E-state index contributed by atoms with van der Waals surface area (Å²) in [5.74, 6) is 0. The molecule has 0 aliphatic heterocycles. The molecule has 11 heavy (non-hydrogen) atoms. The van der Waals surface area contributed by atoms with Crippen LogP contribution in [-0.2, 0) is 6.54 Å². The van der Waals surface area contributed by atoms with Gasteiger partial charge in [-0.3, -0.25) is 4.79 Å². The Kier molecular flexibility index (Phi) is 2.44. The van der Waals surface area contributed by atoms with E-state index in [2.05, 4.69) is 11.7 Å². The third kappa shape index (κ3) is 1.91. The van der Waals surface area contributed by atoms with Crippen molar-refractivity contribution in [2.75, 3.05) is 0 Å². The fourth-order valence-electron chi connectivity index (χ4n) is 0.671. The van der Waals surface area contributed by atoms with Gasteiger partial charge in [0.25, 0.3) is 5.56 Å². The number of hydrogen-bond donors (Lipinski definition) is 0. The highest BCUT2D eigenvalue weighted by Gasteiger charge is 1.94. The maximum atomic E-state index is 11.0. The van der Waals surface area contributed by atoms with Gasteiger partial charge in [0.15, 0.2) is 0 Å². The fraction of sp³-hybridized carbons (Fsp3) is 0.143. The van der Waals surface area contributed by atoms with E-state index < -0.39 is 0 Å². The summed E-state index contributed by atoms with van der Waals surface area (Å²) in [5, 5.41) is 4.13. The van der Waals surface area contributed by atoms with Crippen molar-refractivity contribution in [3.8, 4) is 0 Å². The van der Waals surface area contributed by atoms with E-state index in [-0.39, 0.29) is 5.56 Å². The molecule has 0 radical (unpaired) electrons. The molecule has 58 valence electrons. The topological polar surface area (TPSA) is 34.9 Å². The van der Waals surface area contributed by atoms with Crippen LogP contribution in [0.15, 0.2) is 29.7 Å². The van der Waals surface area contributed by atoms with Crippen LogP contribution in [0.25, 0.3) is 0 Å². The molecule has 0 saturated carbocycles. The minimum Gasteiger partial charge on any atom is -0.268 e.